The predicted octanol–water partition coefficient (Wildman–Crippen LogP) is 1.04. The SMILES string of the molecule is Nc1nc(N)c(/N=N/c2ccc(C(=O)O)c(O)c2)c(N)n1. The molecule has 10 heteroatoms. The highest BCUT2D eigenvalue weighted by Gasteiger charge is 2.10. The minimum Gasteiger partial charge on any atom is -0.507 e. The van der Waals surface area contributed by atoms with Crippen molar-refractivity contribution in [1.29, 1.82) is 0 Å². The van der Waals surface area contributed by atoms with Crippen molar-refractivity contribution in [2.75, 3.05) is 17.2 Å². The molecule has 108 valence electrons. The lowest BCUT2D eigenvalue weighted by Gasteiger charge is -2.03. The van der Waals surface area contributed by atoms with Gasteiger partial charge in [-0.1, -0.05) is 0 Å². The van der Waals surface area contributed by atoms with Gasteiger partial charge in [0.25, 0.3) is 0 Å². The van der Waals surface area contributed by atoms with Gasteiger partial charge in [-0.15, -0.1) is 5.11 Å². The van der Waals surface area contributed by atoms with Crippen LogP contribution in [-0.2, 0) is 0 Å². The first-order valence-corrected chi connectivity index (χ1v) is 5.55. The summed E-state index contributed by atoms with van der Waals surface area (Å²) >= 11 is 0. The van der Waals surface area contributed by atoms with Crippen LogP contribution in [-0.4, -0.2) is 26.2 Å². The quantitative estimate of drug-likeness (QED) is 0.518. The number of aromatic nitrogens is 2. The number of hydrogen-bond acceptors (Lipinski definition) is 9. The third kappa shape index (κ3) is 2.94. The first kappa shape index (κ1) is 14.0. The number of aromatic hydroxyl groups is 1. The Hall–Kier alpha value is -3.43. The summed E-state index contributed by atoms with van der Waals surface area (Å²) in [7, 11) is 0. The molecule has 0 fully saturated rings. The molecule has 1 aromatic heterocycles. The van der Waals surface area contributed by atoms with Crippen molar-refractivity contribution in [3.8, 4) is 5.75 Å². The number of hydrogen-bond donors (Lipinski definition) is 5. The highest BCUT2D eigenvalue weighted by atomic mass is 16.4. The van der Waals surface area contributed by atoms with E-state index in [4.69, 9.17) is 22.3 Å². The lowest BCUT2D eigenvalue weighted by molar-refractivity contribution is 0.0694. The van der Waals surface area contributed by atoms with Gasteiger partial charge in [0.05, 0.1) is 5.69 Å². The van der Waals surface area contributed by atoms with Gasteiger partial charge < -0.3 is 27.4 Å². The van der Waals surface area contributed by atoms with E-state index in [1.54, 1.807) is 0 Å². The van der Waals surface area contributed by atoms with Crippen LogP contribution < -0.4 is 17.2 Å². The molecule has 2 rings (SSSR count). The first-order chi connectivity index (χ1) is 9.88. The molecule has 8 N–H and O–H groups in total. The van der Waals surface area contributed by atoms with Crippen LogP contribution in [0.5, 0.6) is 5.75 Å². The number of anilines is 3. The number of nitrogens with two attached hydrogens (primary N) is 3. The van der Waals surface area contributed by atoms with Crippen molar-refractivity contribution < 1.29 is 15.0 Å². The minimum atomic E-state index is -1.25. The first-order valence-electron chi connectivity index (χ1n) is 5.55. The zero-order valence-corrected chi connectivity index (χ0v) is 10.6. The average molecular weight is 289 g/mol. The number of aromatic carboxylic acids is 1. The fourth-order valence-corrected chi connectivity index (χ4v) is 1.48. The Bertz CT molecular complexity index is 722. The van der Waals surface area contributed by atoms with E-state index in [9.17, 15) is 9.90 Å². The number of carbonyl (C=O) groups is 1. The summed E-state index contributed by atoms with van der Waals surface area (Å²) in [5.41, 5.74) is 16.5. The van der Waals surface area contributed by atoms with Crippen molar-refractivity contribution in [2.45, 2.75) is 0 Å². The molecule has 0 amide bonds. The van der Waals surface area contributed by atoms with Crippen LogP contribution in [0.4, 0.5) is 29.0 Å². The molecule has 0 radical (unpaired) electrons. The lowest BCUT2D eigenvalue weighted by Crippen LogP contribution is -2.03. The summed E-state index contributed by atoms with van der Waals surface area (Å²) in [6, 6.07) is 3.69. The second kappa shape index (κ2) is 5.28. The van der Waals surface area contributed by atoms with Crippen LogP contribution in [0.15, 0.2) is 28.4 Å². The largest absolute Gasteiger partial charge is 0.507 e. The van der Waals surface area contributed by atoms with E-state index in [1.165, 1.54) is 12.1 Å². The Morgan fingerprint density at radius 2 is 1.71 bits per heavy atom. The summed E-state index contributed by atoms with van der Waals surface area (Å²) < 4.78 is 0. The number of benzene rings is 1. The number of azo groups is 1. The fraction of sp³-hybridized carbons (Fsp3) is 0. The zero-order chi connectivity index (χ0) is 15.6. The minimum absolute atomic E-state index is 0.0333. The smallest absolute Gasteiger partial charge is 0.339 e. The molecule has 1 heterocycles. The molecule has 0 saturated carbocycles. The van der Waals surface area contributed by atoms with E-state index >= 15 is 0 Å². The van der Waals surface area contributed by atoms with E-state index in [0.29, 0.717) is 0 Å². The highest BCUT2D eigenvalue weighted by molar-refractivity contribution is 5.91. The van der Waals surface area contributed by atoms with Gasteiger partial charge in [-0.2, -0.15) is 15.1 Å². The maximum atomic E-state index is 10.8. The molecule has 0 aliphatic heterocycles. The van der Waals surface area contributed by atoms with E-state index in [2.05, 4.69) is 20.2 Å². The van der Waals surface area contributed by atoms with Gasteiger partial charge >= 0.3 is 5.97 Å². The Labute approximate surface area is 118 Å². The number of carboxylic acid groups (broad SMARTS) is 1. The molecule has 10 nitrogen and oxygen atoms in total. The van der Waals surface area contributed by atoms with Crippen molar-refractivity contribution in [3.63, 3.8) is 0 Å². The van der Waals surface area contributed by atoms with Gasteiger partial charge in [0.2, 0.25) is 5.95 Å². The van der Waals surface area contributed by atoms with Crippen LogP contribution >= 0.6 is 0 Å². The normalized spacial score (nSPS) is 10.9. The maximum absolute atomic E-state index is 10.8. The monoisotopic (exact) mass is 289 g/mol. The van der Waals surface area contributed by atoms with Crippen LogP contribution in [0.3, 0.4) is 0 Å². The second-order valence-electron chi connectivity index (χ2n) is 3.91. The van der Waals surface area contributed by atoms with Crippen LogP contribution in [0.1, 0.15) is 10.4 Å². The molecule has 0 unspecified atom stereocenters. The Morgan fingerprint density at radius 3 is 2.24 bits per heavy atom. The Balaban J connectivity index is 2.34. The fourth-order valence-electron chi connectivity index (χ4n) is 1.48. The molecular weight excluding hydrogens is 278 g/mol. The molecule has 1 aromatic carbocycles. The van der Waals surface area contributed by atoms with Crippen molar-refractivity contribution in [2.24, 2.45) is 10.2 Å². The summed E-state index contributed by atoms with van der Waals surface area (Å²) in [6.07, 6.45) is 0. The van der Waals surface area contributed by atoms with Crippen LogP contribution in [0.2, 0.25) is 0 Å². The third-order valence-electron chi connectivity index (χ3n) is 2.43. The molecule has 0 spiro atoms. The summed E-state index contributed by atoms with van der Waals surface area (Å²) in [5.74, 6) is -1.87. The van der Waals surface area contributed by atoms with Crippen molar-refractivity contribution in [1.82, 2.24) is 9.97 Å². The second-order valence-corrected chi connectivity index (χ2v) is 3.91. The maximum Gasteiger partial charge on any atom is 0.339 e. The third-order valence-corrected chi connectivity index (χ3v) is 2.43. The van der Waals surface area contributed by atoms with Crippen LogP contribution in [0, 0.1) is 0 Å². The van der Waals surface area contributed by atoms with Crippen molar-refractivity contribution in [3.05, 3.63) is 23.8 Å². The number of nitrogen functional groups attached to an aromatic ring is 3. The molecule has 21 heavy (non-hydrogen) atoms. The molecule has 0 aliphatic rings. The number of nitrogens with zero attached hydrogens (tertiary/aromatic N) is 4. The van der Waals surface area contributed by atoms with E-state index in [0.717, 1.165) is 6.07 Å². The van der Waals surface area contributed by atoms with E-state index in [1.807, 2.05) is 0 Å². The molecular formula is C11H11N7O3. The molecule has 2 aromatic rings. The number of rotatable bonds is 3. The van der Waals surface area contributed by atoms with Gasteiger partial charge in [0, 0.05) is 6.07 Å². The highest BCUT2D eigenvalue weighted by Crippen LogP contribution is 2.30. The van der Waals surface area contributed by atoms with Gasteiger partial charge in [-0.05, 0) is 12.1 Å². The van der Waals surface area contributed by atoms with Gasteiger partial charge in [0.15, 0.2) is 17.3 Å². The summed E-state index contributed by atoms with van der Waals surface area (Å²) in [4.78, 5) is 18.1. The Kier molecular flexibility index (Phi) is 3.52. The van der Waals surface area contributed by atoms with E-state index in [-0.39, 0.29) is 34.5 Å². The standard InChI is InChI=1S/C11H11N7O3/c12-8-7(9(13)16-11(14)15-8)18-17-4-1-2-5(10(20)21)6(19)3-4/h1-3,19H,(H,20,21)(H6,12,13,14,15,16)/b18-17+. The molecule has 0 saturated heterocycles. The molecule has 0 bridgehead atoms. The predicted molar refractivity (Wildman–Crippen MR) is 74.5 cm³/mol. The number of carboxylic acids is 1. The average Bonchev–Trinajstić information content (AvgIpc) is 2.36. The number of phenols is 1. The zero-order valence-electron chi connectivity index (χ0n) is 10.6. The van der Waals surface area contributed by atoms with Crippen molar-refractivity contribution >= 4 is 34.9 Å². The topological polar surface area (TPSA) is 186 Å². The van der Waals surface area contributed by atoms with Gasteiger partial charge in [-0.3, -0.25) is 0 Å². The van der Waals surface area contributed by atoms with E-state index < -0.39 is 11.7 Å². The summed E-state index contributed by atoms with van der Waals surface area (Å²) in [6.45, 7) is 0. The Morgan fingerprint density at radius 1 is 1.10 bits per heavy atom. The molecule has 0 atom stereocenters. The van der Waals surface area contributed by atoms with Gasteiger partial charge in [0.1, 0.15) is 11.3 Å². The summed E-state index contributed by atoms with van der Waals surface area (Å²) in [5, 5.41) is 25.9. The lowest BCUT2D eigenvalue weighted by atomic mass is 10.2. The molecule has 0 aliphatic carbocycles. The van der Waals surface area contributed by atoms with Crippen LogP contribution in [0.25, 0.3) is 0 Å². The van der Waals surface area contributed by atoms with Gasteiger partial charge in [-0.25, -0.2) is 4.79 Å².